The van der Waals surface area contributed by atoms with Gasteiger partial charge in [-0.25, -0.2) is 0 Å². The van der Waals surface area contributed by atoms with Gasteiger partial charge < -0.3 is 5.32 Å². The molecule has 0 aliphatic rings. The molecule has 1 heterocycles. The van der Waals surface area contributed by atoms with Crippen LogP contribution in [0.5, 0.6) is 0 Å². The first-order valence-electron chi connectivity index (χ1n) is 7.62. The lowest BCUT2D eigenvalue weighted by molar-refractivity contribution is 0.501. The van der Waals surface area contributed by atoms with E-state index < -0.39 is 0 Å². The highest BCUT2D eigenvalue weighted by Gasteiger charge is 2.13. The molecule has 1 nitrogen and oxygen atoms in total. The fraction of sp³-hybridized carbons (Fsp3) is 0.750. The normalized spacial score (nSPS) is 12.8. The number of halogens is 1. The zero-order valence-electron chi connectivity index (χ0n) is 12.6. The first-order valence-corrected chi connectivity index (χ1v) is 8.81. The quantitative estimate of drug-likeness (QED) is 0.514. The lowest BCUT2D eigenvalue weighted by Crippen LogP contribution is -2.14. The third-order valence-electron chi connectivity index (χ3n) is 3.66. The summed E-state index contributed by atoms with van der Waals surface area (Å²) in [6.45, 7) is 4.36. The second-order valence-electron chi connectivity index (χ2n) is 5.36. The van der Waals surface area contributed by atoms with Crippen LogP contribution in [0.15, 0.2) is 6.07 Å². The summed E-state index contributed by atoms with van der Waals surface area (Å²) in [6, 6.07) is 2.71. The fourth-order valence-electron chi connectivity index (χ4n) is 2.39. The minimum atomic E-state index is 0.479. The highest BCUT2D eigenvalue weighted by Crippen LogP contribution is 2.33. The predicted octanol–water partition coefficient (Wildman–Crippen LogP) is 6.11. The predicted molar refractivity (Wildman–Crippen MR) is 88.5 cm³/mol. The number of hydrogen-bond acceptors (Lipinski definition) is 2. The van der Waals surface area contributed by atoms with E-state index in [4.69, 9.17) is 11.6 Å². The van der Waals surface area contributed by atoms with Gasteiger partial charge in [-0.3, -0.25) is 0 Å². The lowest BCUT2D eigenvalue weighted by Gasteiger charge is -2.14. The number of thiophene rings is 1. The van der Waals surface area contributed by atoms with Crippen molar-refractivity contribution in [2.45, 2.75) is 71.3 Å². The summed E-state index contributed by atoms with van der Waals surface area (Å²) in [4.78, 5) is 1.39. The molecule has 0 bridgehead atoms. The van der Waals surface area contributed by atoms with Gasteiger partial charge in [0.15, 0.2) is 0 Å². The molecule has 0 saturated carbocycles. The average Bonchev–Trinajstić information content (AvgIpc) is 2.73. The summed E-state index contributed by atoms with van der Waals surface area (Å²) in [5, 5.41) is 3.42. The van der Waals surface area contributed by atoms with E-state index in [1.165, 1.54) is 61.8 Å². The molecule has 110 valence electrons. The van der Waals surface area contributed by atoms with Gasteiger partial charge in [-0.15, -0.1) is 11.3 Å². The van der Waals surface area contributed by atoms with Gasteiger partial charge in [0.25, 0.3) is 0 Å². The van der Waals surface area contributed by atoms with Crippen LogP contribution in [-0.4, -0.2) is 7.05 Å². The maximum absolute atomic E-state index is 6.15. The van der Waals surface area contributed by atoms with Gasteiger partial charge in [0, 0.05) is 10.9 Å². The van der Waals surface area contributed by atoms with Gasteiger partial charge in [0.05, 0.1) is 4.34 Å². The molecule has 0 aliphatic carbocycles. The molecule has 0 spiro atoms. The van der Waals surface area contributed by atoms with Crippen LogP contribution in [0.1, 0.15) is 74.8 Å². The molecule has 1 rings (SSSR count). The Bertz CT molecular complexity index is 329. The van der Waals surface area contributed by atoms with E-state index in [1.54, 1.807) is 11.3 Å². The number of unbranched alkanes of at least 4 members (excludes halogenated alkanes) is 6. The van der Waals surface area contributed by atoms with Crippen LogP contribution < -0.4 is 5.32 Å². The maximum atomic E-state index is 6.15. The molecule has 0 amide bonds. The molecule has 1 aromatic rings. The summed E-state index contributed by atoms with van der Waals surface area (Å²) in [5.74, 6) is 0. The Balaban J connectivity index is 2.22. The Morgan fingerprint density at radius 3 is 2.32 bits per heavy atom. The molecule has 1 atom stereocenters. The zero-order chi connectivity index (χ0) is 14.1. The van der Waals surface area contributed by atoms with E-state index in [-0.39, 0.29) is 0 Å². The summed E-state index contributed by atoms with van der Waals surface area (Å²) in [6.07, 6.45) is 10.8. The monoisotopic (exact) mass is 301 g/mol. The lowest BCUT2D eigenvalue weighted by atomic mass is 10.0. The smallest absolute Gasteiger partial charge is 0.0960 e. The van der Waals surface area contributed by atoms with Crippen LogP contribution >= 0.6 is 22.9 Å². The minimum absolute atomic E-state index is 0.479. The molecule has 19 heavy (non-hydrogen) atoms. The van der Waals surface area contributed by atoms with Crippen LogP contribution in [0, 0.1) is 6.92 Å². The van der Waals surface area contributed by atoms with E-state index in [0.717, 1.165) is 4.34 Å². The Kier molecular flexibility index (Phi) is 8.76. The SMILES string of the molecule is CCCCCCCCCC(NC)c1cc(C)c(Cl)s1. The summed E-state index contributed by atoms with van der Waals surface area (Å²) < 4.78 is 0.940. The summed E-state index contributed by atoms with van der Waals surface area (Å²) >= 11 is 7.88. The van der Waals surface area contributed by atoms with Crippen molar-refractivity contribution < 1.29 is 0 Å². The highest BCUT2D eigenvalue weighted by atomic mass is 35.5. The van der Waals surface area contributed by atoms with Gasteiger partial charge in [0.2, 0.25) is 0 Å². The molecule has 0 radical (unpaired) electrons. The molecular formula is C16H28ClNS. The third-order valence-corrected chi connectivity index (χ3v) is 5.33. The minimum Gasteiger partial charge on any atom is -0.312 e. The molecule has 1 aromatic heterocycles. The van der Waals surface area contributed by atoms with Crippen molar-refractivity contribution in [2.75, 3.05) is 7.05 Å². The molecule has 1 unspecified atom stereocenters. The molecular weight excluding hydrogens is 274 g/mol. The van der Waals surface area contributed by atoms with Crippen molar-refractivity contribution >= 4 is 22.9 Å². The maximum Gasteiger partial charge on any atom is 0.0960 e. The number of aryl methyl sites for hydroxylation is 1. The first-order chi connectivity index (χ1) is 9.19. The fourth-order valence-corrected chi connectivity index (χ4v) is 3.75. The molecule has 0 fully saturated rings. The number of rotatable bonds is 10. The zero-order valence-corrected chi connectivity index (χ0v) is 14.2. The Labute approximate surface area is 127 Å². The van der Waals surface area contributed by atoms with Crippen molar-refractivity contribution in [1.82, 2.24) is 5.32 Å². The number of nitrogens with one attached hydrogen (secondary N) is 1. The second kappa shape index (κ2) is 9.79. The largest absolute Gasteiger partial charge is 0.312 e. The van der Waals surface area contributed by atoms with Crippen LogP contribution in [0.25, 0.3) is 0 Å². The third kappa shape index (κ3) is 6.29. The van der Waals surface area contributed by atoms with Crippen molar-refractivity contribution in [2.24, 2.45) is 0 Å². The van der Waals surface area contributed by atoms with Gasteiger partial charge in [-0.05, 0) is 32.0 Å². The van der Waals surface area contributed by atoms with Crippen molar-refractivity contribution in [3.8, 4) is 0 Å². The van der Waals surface area contributed by atoms with Crippen molar-refractivity contribution in [3.63, 3.8) is 0 Å². The van der Waals surface area contributed by atoms with Crippen LogP contribution in [0.2, 0.25) is 4.34 Å². The molecule has 1 N–H and O–H groups in total. The van der Waals surface area contributed by atoms with Crippen molar-refractivity contribution in [1.29, 1.82) is 0 Å². The van der Waals surface area contributed by atoms with Crippen LogP contribution in [0.4, 0.5) is 0 Å². The van der Waals surface area contributed by atoms with E-state index in [0.29, 0.717) is 6.04 Å². The topological polar surface area (TPSA) is 12.0 Å². The van der Waals surface area contributed by atoms with Gasteiger partial charge in [0.1, 0.15) is 0 Å². The average molecular weight is 302 g/mol. The Hall–Kier alpha value is -0.0500. The molecule has 0 saturated heterocycles. The molecule has 0 aliphatic heterocycles. The first kappa shape index (κ1) is 17.0. The second-order valence-corrected chi connectivity index (χ2v) is 7.04. The van der Waals surface area contributed by atoms with E-state index in [2.05, 4.69) is 32.3 Å². The van der Waals surface area contributed by atoms with Gasteiger partial charge >= 0.3 is 0 Å². The Morgan fingerprint density at radius 1 is 1.16 bits per heavy atom. The van der Waals surface area contributed by atoms with Gasteiger partial charge in [-0.1, -0.05) is 63.5 Å². The molecule has 0 aromatic carbocycles. The van der Waals surface area contributed by atoms with Gasteiger partial charge in [-0.2, -0.15) is 0 Å². The number of hydrogen-bond donors (Lipinski definition) is 1. The standard InChI is InChI=1S/C16H28ClNS/c1-4-5-6-7-8-9-10-11-14(18-3)15-12-13(2)16(17)19-15/h12,14,18H,4-11H2,1-3H3. The Morgan fingerprint density at radius 2 is 1.79 bits per heavy atom. The van der Waals surface area contributed by atoms with E-state index >= 15 is 0 Å². The summed E-state index contributed by atoms with van der Waals surface area (Å²) in [7, 11) is 2.05. The van der Waals surface area contributed by atoms with E-state index in [1.807, 2.05) is 0 Å². The van der Waals surface area contributed by atoms with Crippen LogP contribution in [0.3, 0.4) is 0 Å². The van der Waals surface area contributed by atoms with Crippen molar-refractivity contribution in [3.05, 3.63) is 20.8 Å². The van der Waals surface area contributed by atoms with E-state index in [9.17, 15) is 0 Å². The van der Waals surface area contributed by atoms with Crippen LogP contribution in [-0.2, 0) is 0 Å². The summed E-state index contributed by atoms with van der Waals surface area (Å²) in [5.41, 5.74) is 1.21. The highest BCUT2D eigenvalue weighted by molar-refractivity contribution is 7.16. The molecule has 3 heteroatoms.